The van der Waals surface area contributed by atoms with Crippen LogP contribution in [0.4, 0.5) is 8.78 Å². The maximum atomic E-state index is 14.2. The van der Waals surface area contributed by atoms with Crippen LogP contribution in [0.25, 0.3) is 10.8 Å². The lowest BCUT2D eigenvalue weighted by atomic mass is 9.98. The third-order valence-electron chi connectivity index (χ3n) is 3.56. The van der Waals surface area contributed by atoms with Crippen molar-refractivity contribution in [3.05, 3.63) is 77.1 Å². The van der Waals surface area contributed by atoms with Gasteiger partial charge in [0.1, 0.15) is 17.7 Å². The first-order valence-corrected chi connectivity index (χ1v) is 6.56. The van der Waals surface area contributed by atoms with Gasteiger partial charge in [-0.15, -0.1) is 0 Å². The van der Waals surface area contributed by atoms with Gasteiger partial charge in [-0.1, -0.05) is 30.3 Å². The Balaban J connectivity index is 2.22. The van der Waals surface area contributed by atoms with Gasteiger partial charge in [-0.3, -0.25) is 4.98 Å². The van der Waals surface area contributed by atoms with Crippen LogP contribution in [-0.4, -0.2) is 10.1 Å². The van der Waals surface area contributed by atoms with Gasteiger partial charge in [-0.05, 0) is 30.0 Å². The first kappa shape index (κ1) is 13.6. The van der Waals surface area contributed by atoms with E-state index in [4.69, 9.17) is 0 Å². The molecule has 4 heteroatoms. The smallest absolute Gasteiger partial charge is 0.135 e. The lowest BCUT2D eigenvalue weighted by Gasteiger charge is -2.15. The molecule has 0 aliphatic rings. The van der Waals surface area contributed by atoms with Gasteiger partial charge in [-0.25, -0.2) is 8.78 Å². The summed E-state index contributed by atoms with van der Waals surface area (Å²) >= 11 is 0. The zero-order valence-corrected chi connectivity index (χ0v) is 11.3. The summed E-state index contributed by atoms with van der Waals surface area (Å²) in [6.07, 6.45) is 0.0722. The van der Waals surface area contributed by atoms with Gasteiger partial charge in [0, 0.05) is 11.6 Å². The Hall–Kier alpha value is -2.33. The molecule has 0 aliphatic heterocycles. The molecule has 0 bridgehead atoms. The van der Waals surface area contributed by atoms with Gasteiger partial charge in [0.05, 0.1) is 11.3 Å². The predicted molar refractivity (Wildman–Crippen MR) is 76.9 cm³/mol. The molecule has 3 aromatic rings. The highest BCUT2D eigenvalue weighted by Crippen LogP contribution is 2.31. The van der Waals surface area contributed by atoms with Crippen LogP contribution >= 0.6 is 0 Å². The van der Waals surface area contributed by atoms with Gasteiger partial charge in [0.2, 0.25) is 0 Å². The van der Waals surface area contributed by atoms with Gasteiger partial charge in [-0.2, -0.15) is 0 Å². The van der Waals surface area contributed by atoms with Crippen LogP contribution in [-0.2, 0) is 0 Å². The number of benzene rings is 2. The highest BCUT2D eigenvalue weighted by molar-refractivity contribution is 5.84. The second-order valence-corrected chi connectivity index (χ2v) is 4.91. The Labute approximate surface area is 120 Å². The van der Waals surface area contributed by atoms with Crippen LogP contribution in [0.2, 0.25) is 0 Å². The van der Waals surface area contributed by atoms with Crippen molar-refractivity contribution >= 4 is 10.8 Å². The van der Waals surface area contributed by atoms with E-state index >= 15 is 0 Å². The number of fused-ring (bicyclic) bond motifs is 1. The van der Waals surface area contributed by atoms with E-state index in [1.165, 1.54) is 19.2 Å². The molecule has 2 aromatic carbocycles. The summed E-state index contributed by atoms with van der Waals surface area (Å²) in [7, 11) is 0. The standard InChI is InChI=1S/C17H13F2NO/c1-10-6-7-13(18)14(15(10)19)17(21)16-12-5-3-2-4-11(12)8-9-20-16/h2-9,17,21H,1H3. The highest BCUT2D eigenvalue weighted by Gasteiger charge is 2.23. The summed E-state index contributed by atoms with van der Waals surface area (Å²) in [5.41, 5.74) is 0.168. The maximum absolute atomic E-state index is 14.2. The largest absolute Gasteiger partial charge is 0.382 e. The van der Waals surface area contributed by atoms with Gasteiger partial charge in [0.15, 0.2) is 0 Å². The monoisotopic (exact) mass is 285 g/mol. The molecule has 1 heterocycles. The highest BCUT2D eigenvalue weighted by atomic mass is 19.1. The third-order valence-corrected chi connectivity index (χ3v) is 3.56. The Kier molecular flexibility index (Phi) is 3.39. The average molecular weight is 285 g/mol. The van der Waals surface area contributed by atoms with Crippen molar-refractivity contribution < 1.29 is 13.9 Å². The minimum Gasteiger partial charge on any atom is -0.382 e. The predicted octanol–water partition coefficient (Wildman–Crippen LogP) is 3.90. The van der Waals surface area contributed by atoms with Crippen LogP contribution in [0.1, 0.15) is 22.9 Å². The molecule has 0 spiro atoms. The van der Waals surface area contributed by atoms with E-state index < -0.39 is 17.7 Å². The van der Waals surface area contributed by atoms with E-state index in [9.17, 15) is 13.9 Å². The summed E-state index contributed by atoms with van der Waals surface area (Å²) in [5, 5.41) is 12.0. The fourth-order valence-electron chi connectivity index (χ4n) is 2.43. The molecule has 1 atom stereocenters. The number of rotatable bonds is 2. The lowest BCUT2D eigenvalue weighted by Crippen LogP contribution is -2.09. The Morgan fingerprint density at radius 3 is 2.62 bits per heavy atom. The second-order valence-electron chi connectivity index (χ2n) is 4.91. The maximum Gasteiger partial charge on any atom is 0.135 e. The van der Waals surface area contributed by atoms with Crippen molar-refractivity contribution in [1.82, 2.24) is 4.98 Å². The number of nitrogens with zero attached hydrogens (tertiary/aromatic N) is 1. The van der Waals surface area contributed by atoms with E-state index in [-0.39, 0.29) is 16.8 Å². The third kappa shape index (κ3) is 2.28. The molecule has 0 amide bonds. The number of hydrogen-bond acceptors (Lipinski definition) is 2. The van der Waals surface area contributed by atoms with Crippen molar-refractivity contribution in [3.63, 3.8) is 0 Å². The quantitative estimate of drug-likeness (QED) is 0.774. The molecule has 0 saturated heterocycles. The van der Waals surface area contributed by atoms with E-state index in [2.05, 4.69) is 4.98 Å². The van der Waals surface area contributed by atoms with Crippen LogP contribution in [0, 0.1) is 18.6 Å². The van der Waals surface area contributed by atoms with Crippen molar-refractivity contribution in [3.8, 4) is 0 Å². The van der Waals surface area contributed by atoms with Gasteiger partial charge >= 0.3 is 0 Å². The van der Waals surface area contributed by atoms with Crippen LogP contribution < -0.4 is 0 Å². The molecule has 21 heavy (non-hydrogen) atoms. The normalized spacial score (nSPS) is 12.6. The van der Waals surface area contributed by atoms with Gasteiger partial charge in [0.25, 0.3) is 0 Å². The topological polar surface area (TPSA) is 33.1 Å². The number of aliphatic hydroxyl groups excluding tert-OH is 1. The number of halogens is 2. The minimum absolute atomic E-state index is 0.247. The molecule has 1 N–H and O–H groups in total. The fourth-order valence-corrected chi connectivity index (χ4v) is 2.43. The van der Waals surface area contributed by atoms with E-state index in [1.54, 1.807) is 18.2 Å². The Morgan fingerprint density at radius 2 is 1.81 bits per heavy atom. The minimum atomic E-state index is -1.45. The summed E-state index contributed by atoms with van der Waals surface area (Å²) in [6.45, 7) is 1.53. The van der Waals surface area contributed by atoms with E-state index in [1.807, 2.05) is 12.1 Å². The zero-order chi connectivity index (χ0) is 15.0. The lowest BCUT2D eigenvalue weighted by molar-refractivity contribution is 0.205. The number of aryl methyl sites for hydroxylation is 1. The summed E-state index contributed by atoms with van der Waals surface area (Å²) in [5.74, 6) is -1.52. The Morgan fingerprint density at radius 1 is 1.05 bits per heavy atom. The number of aromatic nitrogens is 1. The molecule has 0 radical (unpaired) electrons. The number of pyridine rings is 1. The number of hydrogen-bond donors (Lipinski definition) is 1. The zero-order valence-electron chi connectivity index (χ0n) is 11.3. The van der Waals surface area contributed by atoms with Crippen molar-refractivity contribution in [2.24, 2.45) is 0 Å². The summed E-state index contributed by atoms with van der Waals surface area (Å²) in [6, 6.07) is 11.6. The Bertz CT molecular complexity index is 812. The molecular weight excluding hydrogens is 272 g/mol. The van der Waals surface area contributed by atoms with Crippen LogP contribution in [0.3, 0.4) is 0 Å². The van der Waals surface area contributed by atoms with Crippen molar-refractivity contribution in [2.45, 2.75) is 13.0 Å². The van der Waals surface area contributed by atoms with Crippen LogP contribution in [0.15, 0.2) is 48.7 Å². The SMILES string of the molecule is Cc1ccc(F)c(C(O)c2nccc3ccccc23)c1F. The average Bonchev–Trinajstić information content (AvgIpc) is 2.50. The first-order valence-electron chi connectivity index (χ1n) is 6.56. The molecule has 0 aliphatic carbocycles. The molecule has 0 fully saturated rings. The van der Waals surface area contributed by atoms with E-state index in [0.29, 0.717) is 5.39 Å². The van der Waals surface area contributed by atoms with Crippen LogP contribution in [0.5, 0.6) is 0 Å². The fraction of sp³-hybridized carbons (Fsp3) is 0.118. The second kappa shape index (κ2) is 5.22. The molecule has 2 nitrogen and oxygen atoms in total. The van der Waals surface area contributed by atoms with Gasteiger partial charge < -0.3 is 5.11 Å². The summed E-state index contributed by atoms with van der Waals surface area (Å²) in [4.78, 5) is 4.11. The van der Waals surface area contributed by atoms with E-state index in [0.717, 1.165) is 11.5 Å². The molecule has 1 aromatic heterocycles. The summed E-state index contributed by atoms with van der Waals surface area (Å²) < 4.78 is 28.1. The number of aliphatic hydroxyl groups is 1. The first-order chi connectivity index (χ1) is 10.1. The molecule has 1 unspecified atom stereocenters. The molecule has 3 rings (SSSR count). The molecular formula is C17H13F2NO. The van der Waals surface area contributed by atoms with Crippen molar-refractivity contribution in [1.29, 1.82) is 0 Å². The molecule has 106 valence electrons. The van der Waals surface area contributed by atoms with Crippen molar-refractivity contribution in [2.75, 3.05) is 0 Å². The molecule has 0 saturated carbocycles.